The molecule has 1 aliphatic rings. The van der Waals surface area contributed by atoms with Crippen LogP contribution < -0.4 is 0 Å². The number of carbonyl (C=O) groups is 1. The number of likely N-dealkylation sites (tertiary alicyclic amines) is 1. The predicted octanol–water partition coefficient (Wildman–Crippen LogP) is 3.91. The van der Waals surface area contributed by atoms with E-state index in [9.17, 15) is 4.79 Å². The van der Waals surface area contributed by atoms with Crippen molar-refractivity contribution in [1.82, 2.24) is 19.4 Å². The Kier molecular flexibility index (Phi) is 5.51. The topological polar surface area (TPSA) is 51.0 Å². The molecule has 0 saturated carbocycles. The van der Waals surface area contributed by atoms with Crippen LogP contribution in [0, 0.1) is 0 Å². The van der Waals surface area contributed by atoms with E-state index < -0.39 is 0 Å². The summed E-state index contributed by atoms with van der Waals surface area (Å²) < 4.78 is 2.23. The quantitative estimate of drug-likeness (QED) is 0.680. The molecule has 5 heteroatoms. The van der Waals surface area contributed by atoms with Gasteiger partial charge >= 0.3 is 0 Å². The molecule has 1 saturated heterocycles. The van der Waals surface area contributed by atoms with Gasteiger partial charge in [-0.25, -0.2) is 4.98 Å². The Bertz CT molecular complexity index is 927. The summed E-state index contributed by atoms with van der Waals surface area (Å²) >= 11 is 0. The van der Waals surface area contributed by atoms with Crippen LogP contribution in [0.1, 0.15) is 53.0 Å². The largest absolute Gasteiger partial charge is 0.339 e. The number of aromatic nitrogens is 3. The Morgan fingerprint density at radius 2 is 1.82 bits per heavy atom. The molecule has 1 fully saturated rings. The minimum atomic E-state index is 0.163. The summed E-state index contributed by atoms with van der Waals surface area (Å²) in [4.78, 5) is 23.7. The Labute approximate surface area is 166 Å². The maximum Gasteiger partial charge on any atom is 0.254 e. The number of aryl methyl sites for hydroxylation is 1. The molecule has 4 rings (SSSR count). The van der Waals surface area contributed by atoms with E-state index in [1.807, 2.05) is 60.0 Å². The monoisotopic (exact) mass is 374 g/mol. The lowest BCUT2D eigenvalue weighted by Crippen LogP contribution is -2.38. The van der Waals surface area contributed by atoms with Crippen LogP contribution in [0.25, 0.3) is 0 Å². The lowest BCUT2D eigenvalue weighted by Gasteiger charge is -2.32. The number of nitrogens with zero attached hydrogens (tertiary/aromatic N) is 4. The van der Waals surface area contributed by atoms with Crippen LogP contribution in [-0.2, 0) is 13.0 Å². The van der Waals surface area contributed by atoms with Crippen LogP contribution in [0.15, 0.2) is 61.2 Å². The predicted molar refractivity (Wildman–Crippen MR) is 109 cm³/mol. The second kappa shape index (κ2) is 8.38. The molecule has 3 aromatic rings. The molecule has 0 N–H and O–H groups in total. The third-order valence-corrected chi connectivity index (χ3v) is 5.63. The lowest BCUT2D eigenvalue weighted by atomic mass is 9.94. The number of piperidine rings is 1. The number of carbonyl (C=O) groups excluding carboxylic acids is 1. The number of amides is 1. The van der Waals surface area contributed by atoms with Crippen LogP contribution in [0.3, 0.4) is 0 Å². The number of benzene rings is 1. The van der Waals surface area contributed by atoms with Gasteiger partial charge in [-0.2, -0.15) is 0 Å². The maximum absolute atomic E-state index is 13.0. The van der Waals surface area contributed by atoms with Crippen molar-refractivity contribution in [3.8, 4) is 0 Å². The molecule has 0 radical (unpaired) electrons. The summed E-state index contributed by atoms with van der Waals surface area (Å²) in [6, 6.07) is 12.0. The van der Waals surface area contributed by atoms with Gasteiger partial charge < -0.3 is 9.47 Å². The Morgan fingerprint density at radius 1 is 1.07 bits per heavy atom. The van der Waals surface area contributed by atoms with E-state index in [0.29, 0.717) is 5.92 Å². The van der Waals surface area contributed by atoms with Crippen LogP contribution in [0.5, 0.6) is 0 Å². The van der Waals surface area contributed by atoms with Gasteiger partial charge in [0.05, 0.1) is 0 Å². The molecule has 1 aromatic carbocycles. The number of hydrogen-bond acceptors (Lipinski definition) is 3. The molecule has 0 spiro atoms. The van der Waals surface area contributed by atoms with Crippen molar-refractivity contribution in [2.75, 3.05) is 13.1 Å². The Hall–Kier alpha value is -2.95. The highest BCUT2D eigenvalue weighted by Crippen LogP contribution is 2.28. The molecule has 3 heterocycles. The van der Waals surface area contributed by atoms with E-state index in [-0.39, 0.29) is 5.91 Å². The molecule has 2 aromatic heterocycles. The zero-order chi connectivity index (χ0) is 19.3. The van der Waals surface area contributed by atoms with Crippen molar-refractivity contribution in [1.29, 1.82) is 0 Å². The van der Waals surface area contributed by atoms with Crippen molar-refractivity contribution < 1.29 is 4.79 Å². The Morgan fingerprint density at radius 3 is 2.57 bits per heavy atom. The first-order valence-corrected chi connectivity index (χ1v) is 10.0. The highest BCUT2D eigenvalue weighted by Gasteiger charge is 2.27. The first-order chi connectivity index (χ1) is 13.8. The second-order valence-electron chi connectivity index (χ2n) is 7.35. The average molecular weight is 374 g/mol. The minimum absolute atomic E-state index is 0.163. The highest BCUT2D eigenvalue weighted by molar-refractivity contribution is 5.95. The third kappa shape index (κ3) is 3.84. The fourth-order valence-corrected chi connectivity index (χ4v) is 4.05. The van der Waals surface area contributed by atoms with Crippen molar-refractivity contribution in [2.24, 2.45) is 0 Å². The van der Waals surface area contributed by atoms with E-state index in [1.165, 1.54) is 5.56 Å². The molecule has 28 heavy (non-hydrogen) atoms. The first kappa shape index (κ1) is 18.4. The summed E-state index contributed by atoms with van der Waals surface area (Å²) in [5, 5.41) is 0. The standard InChI is InChI=1S/C23H26N4O/c1-2-19-5-3-4-6-21(19)23(28)26-14-9-20(10-15-26)22-25-13-16-27(22)17-18-7-11-24-12-8-18/h3-8,11-13,16,20H,2,9-10,14-15,17H2,1H3. The molecule has 0 bridgehead atoms. The van der Waals surface area contributed by atoms with Crippen LogP contribution in [0.4, 0.5) is 0 Å². The zero-order valence-electron chi connectivity index (χ0n) is 16.3. The molecule has 0 atom stereocenters. The maximum atomic E-state index is 13.0. The van der Waals surface area contributed by atoms with Crippen LogP contribution in [-0.4, -0.2) is 38.4 Å². The van der Waals surface area contributed by atoms with E-state index in [2.05, 4.69) is 27.5 Å². The summed E-state index contributed by atoms with van der Waals surface area (Å²) in [5.74, 6) is 1.68. The van der Waals surface area contributed by atoms with Gasteiger partial charge in [-0.15, -0.1) is 0 Å². The minimum Gasteiger partial charge on any atom is -0.339 e. The lowest BCUT2D eigenvalue weighted by molar-refractivity contribution is 0.0709. The SMILES string of the molecule is CCc1ccccc1C(=O)N1CCC(c2nccn2Cc2ccncc2)CC1. The summed E-state index contributed by atoms with van der Waals surface area (Å²) in [6.07, 6.45) is 10.4. The van der Waals surface area contributed by atoms with Crippen molar-refractivity contribution >= 4 is 5.91 Å². The average Bonchev–Trinajstić information content (AvgIpc) is 3.22. The van der Waals surface area contributed by atoms with Gasteiger partial charge in [0.2, 0.25) is 0 Å². The van der Waals surface area contributed by atoms with E-state index in [4.69, 9.17) is 0 Å². The first-order valence-electron chi connectivity index (χ1n) is 10.0. The third-order valence-electron chi connectivity index (χ3n) is 5.63. The van der Waals surface area contributed by atoms with E-state index in [0.717, 1.165) is 55.8 Å². The van der Waals surface area contributed by atoms with Gasteiger partial charge in [0.25, 0.3) is 5.91 Å². The van der Waals surface area contributed by atoms with E-state index >= 15 is 0 Å². The zero-order valence-corrected chi connectivity index (χ0v) is 16.3. The number of rotatable bonds is 5. The fourth-order valence-electron chi connectivity index (χ4n) is 4.05. The fraction of sp³-hybridized carbons (Fsp3) is 0.348. The van der Waals surface area contributed by atoms with E-state index in [1.54, 1.807) is 0 Å². The summed E-state index contributed by atoms with van der Waals surface area (Å²) in [7, 11) is 0. The van der Waals surface area contributed by atoms with Crippen LogP contribution in [0.2, 0.25) is 0 Å². The highest BCUT2D eigenvalue weighted by atomic mass is 16.2. The van der Waals surface area contributed by atoms with Crippen molar-refractivity contribution in [3.63, 3.8) is 0 Å². The molecule has 144 valence electrons. The normalized spacial score (nSPS) is 15.0. The second-order valence-corrected chi connectivity index (χ2v) is 7.35. The molecule has 0 aliphatic carbocycles. The molecule has 1 amide bonds. The number of hydrogen-bond donors (Lipinski definition) is 0. The van der Waals surface area contributed by atoms with Gasteiger partial charge in [-0.05, 0) is 48.6 Å². The summed E-state index contributed by atoms with van der Waals surface area (Å²) in [5.41, 5.74) is 3.20. The van der Waals surface area contributed by atoms with Gasteiger partial charge in [-0.1, -0.05) is 25.1 Å². The van der Waals surface area contributed by atoms with Gasteiger partial charge in [-0.3, -0.25) is 9.78 Å². The molecular formula is C23H26N4O. The Balaban J connectivity index is 1.42. The molecule has 1 aliphatic heterocycles. The van der Waals surface area contributed by atoms with Gasteiger partial charge in [0, 0.05) is 55.9 Å². The smallest absolute Gasteiger partial charge is 0.254 e. The van der Waals surface area contributed by atoms with Gasteiger partial charge in [0.15, 0.2) is 0 Å². The summed E-state index contributed by atoms with van der Waals surface area (Å²) in [6.45, 7) is 4.47. The number of imidazole rings is 1. The molecular weight excluding hydrogens is 348 g/mol. The number of pyridine rings is 1. The van der Waals surface area contributed by atoms with Gasteiger partial charge in [0.1, 0.15) is 5.82 Å². The molecule has 5 nitrogen and oxygen atoms in total. The van der Waals surface area contributed by atoms with Crippen LogP contribution >= 0.6 is 0 Å². The molecule has 0 unspecified atom stereocenters. The van der Waals surface area contributed by atoms with Crippen molar-refractivity contribution in [2.45, 2.75) is 38.6 Å². The van der Waals surface area contributed by atoms with Crippen molar-refractivity contribution in [3.05, 3.63) is 83.7 Å².